The third-order valence-corrected chi connectivity index (χ3v) is 5.34. The van der Waals surface area contributed by atoms with Crippen molar-refractivity contribution in [2.45, 2.75) is 23.8 Å². The quantitative estimate of drug-likeness (QED) is 0.849. The topological polar surface area (TPSA) is 72.5 Å². The first-order valence-corrected chi connectivity index (χ1v) is 7.95. The average molecular weight is 313 g/mol. The standard InChI is InChI=1S/C14H16FNO4S/c1-3-21(18,19)12-8-11(14(17)20-2)16-13(12)9-5-4-6-10(15)7-9/h3-7,11-13,16H,1,8H2,2H3/t11-,12-,13-/m0/s1. The molecule has 1 aromatic carbocycles. The predicted octanol–water partition coefficient (Wildman–Crippen LogP) is 1.33. The molecule has 5 nitrogen and oxygen atoms in total. The highest BCUT2D eigenvalue weighted by molar-refractivity contribution is 7.94. The number of methoxy groups -OCH3 is 1. The Hall–Kier alpha value is -1.73. The molecule has 0 aromatic heterocycles. The lowest BCUT2D eigenvalue weighted by molar-refractivity contribution is -0.142. The van der Waals surface area contributed by atoms with Gasteiger partial charge in [-0.1, -0.05) is 18.7 Å². The summed E-state index contributed by atoms with van der Waals surface area (Å²) >= 11 is 0. The molecule has 21 heavy (non-hydrogen) atoms. The smallest absolute Gasteiger partial charge is 0.322 e. The Labute approximate surface area is 122 Å². The van der Waals surface area contributed by atoms with E-state index in [4.69, 9.17) is 0 Å². The molecule has 0 aliphatic carbocycles. The molecule has 1 aromatic rings. The van der Waals surface area contributed by atoms with Crippen LogP contribution in [0.3, 0.4) is 0 Å². The van der Waals surface area contributed by atoms with Crippen LogP contribution in [-0.2, 0) is 19.4 Å². The van der Waals surface area contributed by atoms with Gasteiger partial charge in [0.25, 0.3) is 0 Å². The van der Waals surface area contributed by atoms with Gasteiger partial charge in [0.15, 0.2) is 9.84 Å². The molecule has 7 heteroatoms. The van der Waals surface area contributed by atoms with Crippen molar-refractivity contribution in [3.8, 4) is 0 Å². The van der Waals surface area contributed by atoms with Crippen molar-refractivity contribution in [3.05, 3.63) is 47.6 Å². The summed E-state index contributed by atoms with van der Waals surface area (Å²) in [5.41, 5.74) is 0.469. The summed E-state index contributed by atoms with van der Waals surface area (Å²) in [6, 6.07) is 4.20. The van der Waals surface area contributed by atoms with Crippen LogP contribution in [0.25, 0.3) is 0 Å². The molecule has 1 fully saturated rings. The van der Waals surface area contributed by atoms with Gasteiger partial charge in [0.2, 0.25) is 0 Å². The number of benzene rings is 1. The molecule has 0 amide bonds. The minimum Gasteiger partial charge on any atom is -0.468 e. The van der Waals surface area contributed by atoms with E-state index in [2.05, 4.69) is 16.6 Å². The molecule has 114 valence electrons. The van der Waals surface area contributed by atoms with E-state index in [1.54, 1.807) is 6.07 Å². The van der Waals surface area contributed by atoms with Crippen molar-refractivity contribution in [1.82, 2.24) is 5.32 Å². The molecule has 0 saturated carbocycles. The zero-order chi connectivity index (χ0) is 15.6. The lowest BCUT2D eigenvalue weighted by Crippen LogP contribution is -2.33. The maximum atomic E-state index is 13.4. The molecular formula is C14H16FNO4S. The summed E-state index contributed by atoms with van der Waals surface area (Å²) < 4.78 is 42.2. The van der Waals surface area contributed by atoms with Crippen molar-refractivity contribution in [2.75, 3.05) is 7.11 Å². The summed E-state index contributed by atoms with van der Waals surface area (Å²) in [6.07, 6.45) is 0.0577. The van der Waals surface area contributed by atoms with Crippen LogP contribution < -0.4 is 5.32 Å². The van der Waals surface area contributed by atoms with Crippen molar-refractivity contribution >= 4 is 15.8 Å². The lowest BCUT2D eigenvalue weighted by atomic mass is 10.0. The fraction of sp³-hybridized carbons (Fsp3) is 0.357. The van der Waals surface area contributed by atoms with Crippen LogP contribution in [0.5, 0.6) is 0 Å². The summed E-state index contributed by atoms with van der Waals surface area (Å²) in [7, 11) is -2.38. The van der Waals surface area contributed by atoms with E-state index >= 15 is 0 Å². The van der Waals surface area contributed by atoms with Gasteiger partial charge in [-0.3, -0.25) is 10.1 Å². The zero-order valence-corrected chi connectivity index (χ0v) is 12.3. The van der Waals surface area contributed by atoms with Crippen LogP contribution in [0.1, 0.15) is 18.0 Å². The second-order valence-electron chi connectivity index (χ2n) is 4.80. The predicted molar refractivity (Wildman–Crippen MR) is 75.6 cm³/mol. The number of nitrogens with one attached hydrogen (secondary N) is 1. The van der Waals surface area contributed by atoms with Gasteiger partial charge in [-0.15, -0.1) is 0 Å². The molecule has 1 aliphatic rings. The Morgan fingerprint density at radius 3 is 2.81 bits per heavy atom. The van der Waals surface area contributed by atoms with Gasteiger partial charge in [0, 0.05) is 5.41 Å². The van der Waals surface area contributed by atoms with E-state index in [0.717, 1.165) is 5.41 Å². The first kappa shape index (κ1) is 15.7. The fourth-order valence-corrected chi connectivity index (χ4v) is 3.85. The fourth-order valence-electron chi connectivity index (χ4n) is 2.53. The van der Waals surface area contributed by atoms with Crippen LogP contribution in [0.2, 0.25) is 0 Å². The van der Waals surface area contributed by atoms with Crippen molar-refractivity contribution in [3.63, 3.8) is 0 Å². The van der Waals surface area contributed by atoms with Crippen molar-refractivity contribution < 1.29 is 22.3 Å². The number of halogens is 1. The molecule has 3 atom stereocenters. The van der Waals surface area contributed by atoms with Crippen LogP contribution in [-0.4, -0.2) is 32.8 Å². The van der Waals surface area contributed by atoms with Crippen LogP contribution >= 0.6 is 0 Å². The molecular weight excluding hydrogens is 297 g/mol. The number of carbonyl (C=O) groups excluding carboxylic acids is 1. The SMILES string of the molecule is C=CS(=O)(=O)[C@H]1C[C@@H](C(=O)OC)N[C@H]1c1cccc(F)c1. The molecule has 2 rings (SSSR count). The molecule has 0 bridgehead atoms. The molecule has 0 radical (unpaired) electrons. The minimum atomic E-state index is -3.61. The maximum absolute atomic E-state index is 13.4. The second-order valence-corrected chi connectivity index (χ2v) is 6.92. The third-order valence-electron chi connectivity index (χ3n) is 3.57. The van der Waals surface area contributed by atoms with Crippen molar-refractivity contribution in [1.29, 1.82) is 0 Å². The lowest BCUT2D eigenvalue weighted by Gasteiger charge is -2.18. The minimum absolute atomic E-state index is 0.0577. The highest BCUT2D eigenvalue weighted by atomic mass is 32.2. The second kappa shape index (κ2) is 5.95. The van der Waals surface area contributed by atoms with E-state index in [-0.39, 0.29) is 6.42 Å². The number of esters is 1. The van der Waals surface area contributed by atoms with Gasteiger partial charge in [0.1, 0.15) is 11.9 Å². The van der Waals surface area contributed by atoms with Crippen LogP contribution in [0.15, 0.2) is 36.3 Å². The number of carbonyl (C=O) groups is 1. The molecule has 1 heterocycles. The summed E-state index contributed by atoms with van der Waals surface area (Å²) in [5, 5.41) is 2.89. The Morgan fingerprint density at radius 2 is 2.24 bits per heavy atom. The Balaban J connectivity index is 2.40. The highest BCUT2D eigenvalue weighted by Crippen LogP contribution is 2.33. The van der Waals surface area contributed by atoms with Gasteiger partial charge >= 0.3 is 5.97 Å². The van der Waals surface area contributed by atoms with Crippen molar-refractivity contribution in [2.24, 2.45) is 0 Å². The normalized spacial score (nSPS) is 25.5. The van der Waals surface area contributed by atoms with Gasteiger partial charge in [-0.2, -0.15) is 0 Å². The number of hydrogen-bond donors (Lipinski definition) is 1. The zero-order valence-electron chi connectivity index (χ0n) is 11.5. The largest absolute Gasteiger partial charge is 0.468 e. The highest BCUT2D eigenvalue weighted by Gasteiger charge is 2.44. The van der Waals surface area contributed by atoms with Gasteiger partial charge < -0.3 is 4.74 Å². The third kappa shape index (κ3) is 3.14. The number of ether oxygens (including phenoxy) is 1. The molecule has 1 saturated heterocycles. The van der Waals surface area contributed by atoms with Gasteiger partial charge in [0.05, 0.1) is 18.4 Å². The first-order valence-electron chi connectivity index (χ1n) is 6.34. The number of sulfone groups is 1. The van der Waals surface area contributed by atoms with E-state index in [1.165, 1.54) is 25.3 Å². The van der Waals surface area contributed by atoms with E-state index in [0.29, 0.717) is 5.56 Å². The van der Waals surface area contributed by atoms with E-state index in [1.807, 2.05) is 0 Å². The Morgan fingerprint density at radius 1 is 1.52 bits per heavy atom. The Kier molecular flexibility index (Phi) is 4.43. The van der Waals surface area contributed by atoms with E-state index < -0.39 is 39.0 Å². The summed E-state index contributed by atoms with van der Waals surface area (Å²) in [6.45, 7) is 3.31. The van der Waals surface area contributed by atoms with Crippen LogP contribution in [0.4, 0.5) is 4.39 Å². The molecule has 1 aliphatic heterocycles. The van der Waals surface area contributed by atoms with Crippen LogP contribution in [0, 0.1) is 5.82 Å². The summed E-state index contributed by atoms with van der Waals surface area (Å²) in [4.78, 5) is 11.6. The summed E-state index contributed by atoms with van der Waals surface area (Å²) in [5.74, 6) is -1.01. The van der Waals surface area contributed by atoms with E-state index in [9.17, 15) is 17.6 Å². The first-order chi connectivity index (χ1) is 9.89. The number of hydrogen-bond acceptors (Lipinski definition) is 5. The monoisotopic (exact) mass is 313 g/mol. The van der Waals surface area contributed by atoms with Gasteiger partial charge in [-0.05, 0) is 24.1 Å². The molecule has 0 unspecified atom stereocenters. The average Bonchev–Trinajstić information content (AvgIpc) is 2.92. The number of rotatable bonds is 4. The van der Waals surface area contributed by atoms with Gasteiger partial charge in [-0.25, -0.2) is 12.8 Å². The molecule has 0 spiro atoms. The Bertz CT molecular complexity index is 659. The molecule has 1 N–H and O–H groups in total. The maximum Gasteiger partial charge on any atom is 0.322 e.